The summed E-state index contributed by atoms with van der Waals surface area (Å²) in [6.07, 6.45) is 7.66. The molecular formula is C24H30Cl3F2N3. The number of nitrogens with one attached hydrogen (secondary N) is 2. The van der Waals surface area contributed by atoms with Crippen LogP contribution in [0.2, 0.25) is 0 Å². The second-order valence-electron chi connectivity index (χ2n) is 8.08. The van der Waals surface area contributed by atoms with Crippen LogP contribution in [0.15, 0.2) is 42.5 Å². The van der Waals surface area contributed by atoms with Crippen molar-refractivity contribution < 1.29 is 8.78 Å². The lowest BCUT2D eigenvalue weighted by Crippen LogP contribution is -2.36. The third kappa shape index (κ3) is 7.31. The van der Waals surface area contributed by atoms with E-state index in [0.717, 1.165) is 44.6 Å². The molecule has 8 heteroatoms. The zero-order valence-corrected chi connectivity index (χ0v) is 20.2. The molecule has 0 bridgehead atoms. The van der Waals surface area contributed by atoms with Gasteiger partial charge in [0.1, 0.15) is 0 Å². The summed E-state index contributed by atoms with van der Waals surface area (Å²) >= 11 is 0. The molecule has 0 spiro atoms. The van der Waals surface area contributed by atoms with E-state index in [1.807, 2.05) is 0 Å². The summed E-state index contributed by atoms with van der Waals surface area (Å²) in [6.45, 7) is 4.37. The zero-order chi connectivity index (χ0) is 20.2. The third-order valence-electron chi connectivity index (χ3n) is 5.98. The van der Waals surface area contributed by atoms with E-state index in [4.69, 9.17) is 6.42 Å². The van der Waals surface area contributed by atoms with Gasteiger partial charge in [0.25, 0.3) is 0 Å². The minimum Gasteiger partial charge on any atom is -0.315 e. The molecule has 2 N–H and O–H groups in total. The van der Waals surface area contributed by atoms with Crippen LogP contribution >= 0.6 is 37.2 Å². The second kappa shape index (κ2) is 13.3. The maximum absolute atomic E-state index is 13.4. The molecule has 1 unspecified atom stereocenters. The van der Waals surface area contributed by atoms with Crippen LogP contribution in [0.25, 0.3) is 0 Å². The molecule has 3 atom stereocenters. The molecule has 1 aliphatic carbocycles. The van der Waals surface area contributed by atoms with Crippen LogP contribution in [-0.2, 0) is 13.1 Å². The zero-order valence-electron chi connectivity index (χ0n) is 17.7. The molecule has 0 amide bonds. The third-order valence-corrected chi connectivity index (χ3v) is 5.98. The quantitative estimate of drug-likeness (QED) is 0.512. The minimum atomic E-state index is -0.788. The second-order valence-corrected chi connectivity index (χ2v) is 8.08. The van der Waals surface area contributed by atoms with Crippen molar-refractivity contribution in [3.63, 3.8) is 0 Å². The first-order chi connectivity index (χ1) is 14.1. The Kier molecular flexibility index (Phi) is 11.9. The van der Waals surface area contributed by atoms with Crippen LogP contribution < -0.4 is 10.6 Å². The number of halogens is 5. The molecule has 1 heterocycles. The molecule has 2 aromatic carbocycles. The Bertz CT molecular complexity index is 883. The van der Waals surface area contributed by atoms with Crippen molar-refractivity contribution in [3.05, 3.63) is 70.8 Å². The molecule has 1 aliphatic heterocycles. The van der Waals surface area contributed by atoms with E-state index >= 15 is 0 Å². The highest BCUT2D eigenvalue weighted by Crippen LogP contribution is 2.41. The maximum Gasteiger partial charge on any atom is 0.159 e. The molecule has 1 saturated heterocycles. The van der Waals surface area contributed by atoms with Crippen LogP contribution in [-0.4, -0.2) is 36.6 Å². The molecule has 32 heavy (non-hydrogen) atoms. The van der Waals surface area contributed by atoms with Crippen molar-refractivity contribution >= 4 is 37.2 Å². The van der Waals surface area contributed by atoms with Gasteiger partial charge < -0.3 is 10.6 Å². The Hall–Kier alpha value is -1.39. The number of hydrogen-bond donors (Lipinski definition) is 2. The highest BCUT2D eigenvalue weighted by Gasteiger charge is 2.38. The van der Waals surface area contributed by atoms with Gasteiger partial charge in [-0.15, -0.1) is 43.6 Å². The minimum absolute atomic E-state index is 0. The lowest BCUT2D eigenvalue weighted by molar-refractivity contribution is 0.226. The molecule has 0 aromatic heterocycles. The van der Waals surface area contributed by atoms with Crippen molar-refractivity contribution in [2.45, 2.75) is 43.9 Å². The number of rotatable bonds is 8. The summed E-state index contributed by atoms with van der Waals surface area (Å²) in [5.41, 5.74) is 3.35. The van der Waals surface area contributed by atoms with E-state index in [1.165, 1.54) is 23.3 Å². The fraction of sp³-hybridized carbons (Fsp3) is 0.417. The number of terminal acetylenes is 1. The van der Waals surface area contributed by atoms with Crippen molar-refractivity contribution in [2.24, 2.45) is 0 Å². The number of nitrogens with zero attached hydrogens (tertiary/aromatic N) is 1. The summed E-state index contributed by atoms with van der Waals surface area (Å²) in [6, 6.07) is 13.7. The van der Waals surface area contributed by atoms with Gasteiger partial charge in [0, 0.05) is 37.6 Å². The van der Waals surface area contributed by atoms with Crippen molar-refractivity contribution in [1.29, 1.82) is 0 Å². The molecule has 2 aliphatic rings. The Morgan fingerprint density at radius 3 is 2.38 bits per heavy atom. The lowest BCUT2D eigenvalue weighted by atomic mass is 10.1. The Morgan fingerprint density at radius 2 is 1.75 bits per heavy atom. The molecule has 1 saturated carbocycles. The van der Waals surface area contributed by atoms with E-state index in [-0.39, 0.29) is 43.1 Å². The molecular weight excluding hydrogens is 475 g/mol. The monoisotopic (exact) mass is 503 g/mol. The fourth-order valence-electron chi connectivity index (χ4n) is 4.16. The van der Waals surface area contributed by atoms with Gasteiger partial charge >= 0.3 is 0 Å². The van der Waals surface area contributed by atoms with Crippen molar-refractivity contribution in [1.82, 2.24) is 15.5 Å². The van der Waals surface area contributed by atoms with Gasteiger partial charge in [-0.2, -0.15) is 0 Å². The summed E-state index contributed by atoms with van der Waals surface area (Å²) in [5.74, 6) is 1.49. The number of benzene rings is 2. The van der Waals surface area contributed by atoms with Gasteiger partial charge in [-0.05, 0) is 48.2 Å². The average Bonchev–Trinajstić information content (AvgIpc) is 3.29. The van der Waals surface area contributed by atoms with E-state index in [2.05, 4.69) is 45.7 Å². The average molecular weight is 505 g/mol. The summed E-state index contributed by atoms with van der Waals surface area (Å²) < 4.78 is 26.5. The Labute approximate surface area is 208 Å². The molecule has 0 radical (unpaired) electrons. The summed E-state index contributed by atoms with van der Waals surface area (Å²) in [5, 5.41) is 6.92. The first-order valence-electron chi connectivity index (χ1n) is 10.3. The van der Waals surface area contributed by atoms with Gasteiger partial charge in [0.2, 0.25) is 0 Å². The maximum atomic E-state index is 13.4. The largest absolute Gasteiger partial charge is 0.315 e. The normalized spacial score (nSPS) is 21.1. The van der Waals surface area contributed by atoms with Crippen molar-refractivity contribution in [2.75, 3.05) is 19.6 Å². The van der Waals surface area contributed by atoms with Crippen LogP contribution in [0.1, 0.15) is 35.4 Å². The summed E-state index contributed by atoms with van der Waals surface area (Å²) in [4.78, 5) is 2.36. The molecule has 3 nitrogen and oxygen atoms in total. The first-order valence-corrected chi connectivity index (χ1v) is 10.3. The Balaban J connectivity index is 0.00000171. The van der Waals surface area contributed by atoms with Crippen molar-refractivity contribution in [3.8, 4) is 12.3 Å². The van der Waals surface area contributed by atoms with Crippen LogP contribution in [0.4, 0.5) is 8.78 Å². The van der Waals surface area contributed by atoms with E-state index < -0.39 is 11.6 Å². The molecule has 2 aromatic rings. The highest BCUT2D eigenvalue weighted by atomic mass is 35.5. The highest BCUT2D eigenvalue weighted by molar-refractivity contribution is 5.86. The van der Waals surface area contributed by atoms with E-state index in [9.17, 15) is 8.78 Å². The lowest BCUT2D eigenvalue weighted by Gasteiger charge is -2.26. The van der Waals surface area contributed by atoms with E-state index in [1.54, 1.807) is 6.07 Å². The molecule has 2 fully saturated rings. The number of hydrogen-bond acceptors (Lipinski definition) is 3. The van der Waals surface area contributed by atoms with Gasteiger partial charge in [0.05, 0.1) is 6.54 Å². The Morgan fingerprint density at radius 1 is 1.03 bits per heavy atom. The van der Waals surface area contributed by atoms with Crippen LogP contribution in [0.5, 0.6) is 0 Å². The van der Waals surface area contributed by atoms with Gasteiger partial charge in [-0.3, -0.25) is 4.90 Å². The molecule has 176 valence electrons. The first kappa shape index (κ1) is 28.6. The fourth-order valence-corrected chi connectivity index (χ4v) is 4.16. The van der Waals surface area contributed by atoms with Gasteiger partial charge in [-0.25, -0.2) is 8.78 Å². The predicted octanol–water partition coefficient (Wildman–Crippen LogP) is 4.67. The SMILES string of the molecule is C#CCN(Cc1ccc(CN[C@@H]2C[C@H]2c2ccc(F)c(F)c2)cc1)C1CCNC1.Cl.Cl.Cl. The topological polar surface area (TPSA) is 27.3 Å². The van der Waals surface area contributed by atoms with Gasteiger partial charge in [-0.1, -0.05) is 36.3 Å². The predicted molar refractivity (Wildman–Crippen MR) is 133 cm³/mol. The van der Waals surface area contributed by atoms with Gasteiger partial charge in [0.15, 0.2) is 11.6 Å². The summed E-state index contributed by atoms with van der Waals surface area (Å²) in [7, 11) is 0. The smallest absolute Gasteiger partial charge is 0.159 e. The van der Waals surface area contributed by atoms with E-state index in [0.29, 0.717) is 18.6 Å². The molecule has 4 rings (SSSR count). The standard InChI is InChI=1S/C24H27F2N3.3ClH/c1-2-11-29(20-9-10-27-15-20)16-18-5-3-17(4-6-18)14-28-24-13-21(24)19-7-8-22(25)23(26)12-19;;;/h1,3-8,12,20-21,24,27-28H,9-11,13-16H2;3*1H/t20?,21-,24+;;;/m0.../s1. The van der Waals surface area contributed by atoms with Crippen LogP contribution in [0, 0.1) is 24.0 Å². The van der Waals surface area contributed by atoms with Crippen LogP contribution in [0.3, 0.4) is 0 Å².